The van der Waals surface area contributed by atoms with Gasteiger partial charge in [-0.3, -0.25) is 0 Å². The van der Waals surface area contributed by atoms with Crippen molar-refractivity contribution in [2.24, 2.45) is 0 Å². The Morgan fingerprint density at radius 2 is 1.37 bits per heavy atom. The summed E-state index contributed by atoms with van der Waals surface area (Å²) >= 11 is 0. The Balaban J connectivity index is 1.60. The predicted molar refractivity (Wildman–Crippen MR) is 136 cm³/mol. The van der Waals surface area contributed by atoms with Gasteiger partial charge in [0, 0.05) is 10.8 Å². The standard InChI is InChI=1S/C28H17N7/c1-2-9-18-17(7-1)8-5-10-19(18)20-11-6-12-21-25(20)27(28-30-22-13-3-4-14-23(22)31-28)34-33-26(21)24-15-16-29-35-32-24/h1-16H,(H,30,31). The number of aromatic amines is 1. The van der Waals surface area contributed by atoms with Gasteiger partial charge in [-0.15, -0.1) is 20.4 Å². The Labute approximate surface area is 199 Å². The minimum absolute atomic E-state index is 0.615. The van der Waals surface area contributed by atoms with Gasteiger partial charge in [0.15, 0.2) is 5.82 Å². The molecular weight excluding hydrogens is 434 g/mol. The highest BCUT2D eigenvalue weighted by atomic mass is 15.3. The molecule has 0 saturated carbocycles. The number of aromatic nitrogens is 7. The van der Waals surface area contributed by atoms with Crippen molar-refractivity contribution in [2.45, 2.75) is 0 Å². The summed E-state index contributed by atoms with van der Waals surface area (Å²) in [6.07, 6.45) is 1.61. The highest BCUT2D eigenvalue weighted by Gasteiger charge is 2.20. The molecule has 0 saturated heterocycles. The highest BCUT2D eigenvalue weighted by Crippen LogP contribution is 2.40. The van der Waals surface area contributed by atoms with E-state index in [0.717, 1.165) is 32.9 Å². The third kappa shape index (κ3) is 3.13. The van der Waals surface area contributed by atoms with Crippen molar-refractivity contribution in [3.05, 3.63) is 97.2 Å². The molecule has 0 aliphatic rings. The molecule has 0 radical (unpaired) electrons. The summed E-state index contributed by atoms with van der Waals surface area (Å²) in [6.45, 7) is 0. The van der Waals surface area contributed by atoms with Gasteiger partial charge in [0.05, 0.1) is 17.2 Å². The summed E-state index contributed by atoms with van der Waals surface area (Å²) in [5.74, 6) is 0.670. The molecule has 7 rings (SSSR count). The average Bonchev–Trinajstić information content (AvgIpc) is 3.36. The lowest BCUT2D eigenvalue weighted by atomic mass is 9.92. The molecule has 4 aromatic carbocycles. The topological polar surface area (TPSA) is 93.1 Å². The van der Waals surface area contributed by atoms with Gasteiger partial charge in [-0.25, -0.2) is 4.98 Å². The second-order valence-corrected chi connectivity index (χ2v) is 8.26. The predicted octanol–water partition coefficient (Wildman–Crippen LogP) is 5.85. The Kier molecular flexibility index (Phi) is 4.32. The smallest absolute Gasteiger partial charge is 0.159 e. The molecular formula is C28H17N7. The van der Waals surface area contributed by atoms with Crippen molar-refractivity contribution >= 4 is 32.6 Å². The number of H-pyrrole nitrogens is 1. The lowest BCUT2D eigenvalue weighted by Crippen LogP contribution is -2.00. The van der Waals surface area contributed by atoms with Gasteiger partial charge in [-0.2, -0.15) is 0 Å². The molecule has 0 aliphatic carbocycles. The van der Waals surface area contributed by atoms with Gasteiger partial charge in [0.1, 0.15) is 17.1 Å². The number of benzene rings is 4. The first kappa shape index (κ1) is 19.4. The maximum absolute atomic E-state index is 4.84. The van der Waals surface area contributed by atoms with E-state index in [1.54, 1.807) is 12.3 Å². The Hall–Kier alpha value is -5.04. The fourth-order valence-electron chi connectivity index (χ4n) is 4.68. The monoisotopic (exact) mass is 451 g/mol. The van der Waals surface area contributed by atoms with Gasteiger partial charge in [0.25, 0.3) is 0 Å². The summed E-state index contributed by atoms with van der Waals surface area (Å²) in [4.78, 5) is 8.26. The number of nitrogens with one attached hydrogen (secondary N) is 1. The number of hydrogen-bond donors (Lipinski definition) is 1. The van der Waals surface area contributed by atoms with Crippen molar-refractivity contribution < 1.29 is 0 Å². The number of imidazole rings is 1. The van der Waals surface area contributed by atoms with Gasteiger partial charge in [-0.1, -0.05) is 72.8 Å². The molecule has 35 heavy (non-hydrogen) atoms. The van der Waals surface area contributed by atoms with Crippen LogP contribution in [-0.2, 0) is 0 Å². The molecule has 0 atom stereocenters. The first-order valence-corrected chi connectivity index (χ1v) is 11.2. The largest absolute Gasteiger partial charge is 0.337 e. The number of hydrogen-bond acceptors (Lipinski definition) is 6. The maximum atomic E-state index is 4.84. The Morgan fingerprint density at radius 1 is 0.600 bits per heavy atom. The number of para-hydroxylation sites is 2. The van der Waals surface area contributed by atoms with E-state index in [-0.39, 0.29) is 0 Å². The lowest BCUT2D eigenvalue weighted by Gasteiger charge is -2.14. The van der Waals surface area contributed by atoms with Crippen molar-refractivity contribution in [3.8, 4) is 34.0 Å². The number of fused-ring (bicyclic) bond motifs is 3. The van der Waals surface area contributed by atoms with E-state index in [1.807, 2.05) is 36.4 Å². The van der Waals surface area contributed by atoms with E-state index >= 15 is 0 Å². The third-order valence-corrected chi connectivity index (χ3v) is 6.25. The summed E-state index contributed by atoms with van der Waals surface area (Å²) < 4.78 is 0. The molecule has 3 aromatic heterocycles. The molecule has 0 unspecified atom stereocenters. The van der Waals surface area contributed by atoms with Crippen LogP contribution in [0.4, 0.5) is 0 Å². The van der Waals surface area contributed by atoms with Crippen molar-refractivity contribution in [3.63, 3.8) is 0 Å². The minimum atomic E-state index is 0.615. The van der Waals surface area contributed by atoms with Crippen LogP contribution in [0.3, 0.4) is 0 Å². The molecule has 0 spiro atoms. The number of rotatable bonds is 3. The highest BCUT2D eigenvalue weighted by molar-refractivity contribution is 6.12. The average molecular weight is 451 g/mol. The molecule has 3 heterocycles. The molecule has 7 aromatic rings. The van der Waals surface area contributed by atoms with Crippen LogP contribution in [0, 0.1) is 0 Å². The molecule has 0 aliphatic heterocycles. The molecule has 0 amide bonds. The van der Waals surface area contributed by atoms with Crippen LogP contribution < -0.4 is 0 Å². The van der Waals surface area contributed by atoms with Crippen molar-refractivity contribution in [1.82, 2.24) is 35.6 Å². The third-order valence-electron chi connectivity index (χ3n) is 6.25. The molecule has 0 bridgehead atoms. The quantitative estimate of drug-likeness (QED) is 0.362. The minimum Gasteiger partial charge on any atom is -0.337 e. The van der Waals surface area contributed by atoms with Gasteiger partial charge in [-0.05, 0) is 45.3 Å². The van der Waals surface area contributed by atoms with E-state index in [4.69, 9.17) is 4.98 Å². The van der Waals surface area contributed by atoms with Crippen molar-refractivity contribution in [2.75, 3.05) is 0 Å². The Morgan fingerprint density at radius 3 is 2.29 bits per heavy atom. The summed E-state index contributed by atoms with van der Waals surface area (Å²) in [5.41, 5.74) is 5.94. The van der Waals surface area contributed by atoms with Crippen LogP contribution in [0.15, 0.2) is 97.2 Å². The molecule has 7 heteroatoms. The summed E-state index contributed by atoms with van der Waals surface area (Å²) in [5, 5.41) is 25.3. The molecule has 1 N–H and O–H groups in total. The zero-order valence-electron chi connectivity index (χ0n) is 18.4. The van der Waals surface area contributed by atoms with Crippen molar-refractivity contribution in [1.29, 1.82) is 0 Å². The zero-order chi connectivity index (χ0) is 23.2. The van der Waals surface area contributed by atoms with E-state index in [1.165, 1.54) is 10.8 Å². The Bertz CT molecular complexity index is 1820. The number of nitrogens with zero attached hydrogens (tertiary/aromatic N) is 6. The second-order valence-electron chi connectivity index (χ2n) is 8.26. The fraction of sp³-hybridized carbons (Fsp3) is 0. The fourth-order valence-corrected chi connectivity index (χ4v) is 4.68. The molecule has 164 valence electrons. The SMILES string of the molecule is c1ccc2c(-c3cccc4c(-c5ccnnn5)nnc(-c5nc6ccccc6[nH]5)c34)cccc2c1. The van der Waals surface area contributed by atoms with Gasteiger partial charge < -0.3 is 4.98 Å². The van der Waals surface area contributed by atoms with E-state index in [9.17, 15) is 0 Å². The van der Waals surface area contributed by atoms with E-state index < -0.39 is 0 Å². The van der Waals surface area contributed by atoms with E-state index in [0.29, 0.717) is 22.9 Å². The zero-order valence-corrected chi connectivity index (χ0v) is 18.4. The summed E-state index contributed by atoms with van der Waals surface area (Å²) in [7, 11) is 0. The van der Waals surface area contributed by atoms with E-state index in [2.05, 4.69) is 79.1 Å². The van der Waals surface area contributed by atoms with Gasteiger partial charge >= 0.3 is 0 Å². The van der Waals surface area contributed by atoms with Gasteiger partial charge in [0.2, 0.25) is 0 Å². The molecule has 0 fully saturated rings. The second kappa shape index (κ2) is 7.78. The molecule has 7 nitrogen and oxygen atoms in total. The normalized spacial score (nSPS) is 11.4. The van der Waals surface area contributed by atoms with Crippen LogP contribution >= 0.6 is 0 Å². The van der Waals surface area contributed by atoms with Crippen LogP contribution in [0.5, 0.6) is 0 Å². The van der Waals surface area contributed by atoms with Crippen LogP contribution in [0.25, 0.3) is 66.6 Å². The lowest BCUT2D eigenvalue weighted by molar-refractivity contribution is 0.865. The maximum Gasteiger partial charge on any atom is 0.159 e. The van der Waals surface area contributed by atoms with Crippen LogP contribution in [-0.4, -0.2) is 35.6 Å². The van der Waals surface area contributed by atoms with Crippen LogP contribution in [0.1, 0.15) is 0 Å². The first-order valence-electron chi connectivity index (χ1n) is 11.2. The first-order chi connectivity index (χ1) is 17.4. The van der Waals surface area contributed by atoms with Crippen LogP contribution in [0.2, 0.25) is 0 Å². The summed E-state index contributed by atoms with van der Waals surface area (Å²) in [6, 6.07) is 30.7.